The number of nitrogens with one attached hydrogen (secondary N) is 7. The lowest BCUT2D eigenvalue weighted by molar-refractivity contribution is -0.127. The molecule has 0 aromatic heterocycles. The molecule has 0 bridgehead atoms. The van der Waals surface area contributed by atoms with E-state index in [9.17, 15) is 19.2 Å². The van der Waals surface area contributed by atoms with E-state index in [-0.39, 0.29) is 74.5 Å². The van der Waals surface area contributed by atoms with E-state index in [0.717, 1.165) is 89.0 Å². The van der Waals surface area contributed by atoms with Crippen molar-refractivity contribution < 1.29 is 38.1 Å². The van der Waals surface area contributed by atoms with Crippen LogP contribution in [-0.4, -0.2) is 141 Å². The Morgan fingerprint density at radius 2 is 0.404 bits per heavy atom. The van der Waals surface area contributed by atoms with Crippen molar-refractivity contribution in [3.63, 3.8) is 0 Å². The van der Waals surface area contributed by atoms with Gasteiger partial charge in [-0.1, -0.05) is 262 Å². The summed E-state index contributed by atoms with van der Waals surface area (Å²) in [5.74, 6) is 2.64. The highest BCUT2D eigenvalue weighted by Crippen LogP contribution is 2.14. The van der Waals surface area contributed by atoms with Crippen LogP contribution in [0.3, 0.4) is 0 Å². The standard InChI is InChI=1S/C13H27NO2.C13H28.C11H24N2O2.C11H23NO2.C11H25N.C11H24.C9H20N2O2/c1-4-5-6-7-8-9-10-14-13(15)11-16-12(2)3;1-4-5-6-7-8-9-10-11-12-13(2)3;1-10(2)15-9-11(14)13-8-6-4-5-7-12-3;1-4-5-6-7-8-12-11(13)9-14-10(2)3;1-11(2)9-7-5-4-6-8-10-12-3;1-4-5-6-7-8-9-10-11(2)3;1-8(2)13-7-9(12)11-6-4-5-10-3/h12H,4-11H2,1-3H3,(H,14,15);13H,4-12H2,1-3H3;10,12H,4-9H2,1-3H3,(H,13,14);10H,4-9H2,1-3H3,(H,12,13);11-12H,4-10H2,1-3H3;11H,4-10H2,1-3H3;8,10H,4-7H2,1-3H3,(H,11,12). The van der Waals surface area contributed by atoms with E-state index >= 15 is 0 Å². The molecular weight excluding hydrogens is 1170 g/mol. The molecule has 15 nitrogen and oxygen atoms in total. The van der Waals surface area contributed by atoms with Crippen LogP contribution in [0.25, 0.3) is 0 Å². The highest BCUT2D eigenvalue weighted by Gasteiger charge is 2.06. The van der Waals surface area contributed by atoms with Gasteiger partial charge in [0.05, 0.1) is 24.4 Å². The summed E-state index contributed by atoms with van der Waals surface area (Å²) < 4.78 is 20.7. The molecule has 15 heteroatoms. The zero-order valence-corrected chi connectivity index (χ0v) is 67.0. The minimum atomic E-state index is -0.0372. The molecule has 0 saturated heterocycles. The van der Waals surface area contributed by atoms with Crippen LogP contribution < -0.4 is 37.2 Å². The van der Waals surface area contributed by atoms with Crippen LogP contribution in [0.1, 0.15) is 356 Å². The minimum absolute atomic E-state index is 0.00209. The van der Waals surface area contributed by atoms with Crippen LogP contribution in [0, 0.1) is 17.8 Å². The second-order valence-electron chi connectivity index (χ2n) is 28.0. The molecule has 0 fully saturated rings. The van der Waals surface area contributed by atoms with Crippen molar-refractivity contribution in [2.24, 2.45) is 17.8 Å². The molecule has 0 aliphatic carbocycles. The number of carbonyl (C=O) groups excluding carboxylic acids is 4. The highest BCUT2D eigenvalue weighted by atomic mass is 16.5. The topological polar surface area (TPSA) is 189 Å². The predicted molar refractivity (Wildman–Crippen MR) is 412 cm³/mol. The lowest BCUT2D eigenvalue weighted by Gasteiger charge is -2.08. The molecule has 4 amide bonds. The second kappa shape index (κ2) is 92.7. The van der Waals surface area contributed by atoms with Gasteiger partial charge in [-0.05, 0) is 152 Å². The molecule has 0 radical (unpaired) electrons. The molecule has 570 valence electrons. The first kappa shape index (κ1) is 105. The molecule has 0 aliphatic rings. The zero-order valence-electron chi connectivity index (χ0n) is 67.0. The third kappa shape index (κ3) is 126. The van der Waals surface area contributed by atoms with E-state index < -0.39 is 0 Å². The fraction of sp³-hybridized carbons (Fsp3) is 0.949. The van der Waals surface area contributed by atoms with Crippen molar-refractivity contribution in [2.45, 2.75) is 380 Å². The van der Waals surface area contributed by atoms with E-state index in [4.69, 9.17) is 18.9 Å². The van der Waals surface area contributed by atoms with Crippen LogP contribution in [0.2, 0.25) is 0 Å². The van der Waals surface area contributed by atoms with Gasteiger partial charge < -0.3 is 56.2 Å². The van der Waals surface area contributed by atoms with Crippen molar-refractivity contribution in [3.05, 3.63) is 0 Å². The molecule has 0 atom stereocenters. The monoisotopic (exact) mass is 1350 g/mol. The Bertz CT molecular complexity index is 1420. The molecule has 0 spiro atoms. The molecule has 0 unspecified atom stereocenters. The summed E-state index contributed by atoms with van der Waals surface area (Å²) in [6.45, 7) is 45.1. The maximum atomic E-state index is 11.2. The molecule has 0 aromatic carbocycles. The van der Waals surface area contributed by atoms with Crippen LogP contribution in [0.15, 0.2) is 0 Å². The maximum Gasteiger partial charge on any atom is 0.246 e. The first-order chi connectivity index (χ1) is 45.0. The average Bonchev–Trinajstić information content (AvgIpc) is 3.67. The summed E-state index contributed by atoms with van der Waals surface area (Å²) in [5, 5.41) is 20.6. The zero-order chi connectivity index (χ0) is 72.4. The van der Waals surface area contributed by atoms with Gasteiger partial charge in [0.2, 0.25) is 23.6 Å². The Morgan fingerprint density at radius 3 is 0.617 bits per heavy atom. The van der Waals surface area contributed by atoms with Gasteiger partial charge in [-0.3, -0.25) is 19.2 Å². The number of rotatable bonds is 58. The van der Waals surface area contributed by atoms with Gasteiger partial charge in [-0.2, -0.15) is 0 Å². The van der Waals surface area contributed by atoms with E-state index in [2.05, 4.69) is 106 Å². The van der Waals surface area contributed by atoms with E-state index in [1.165, 1.54) is 199 Å². The third-order valence-corrected chi connectivity index (χ3v) is 14.7. The number of hydrogen-bond acceptors (Lipinski definition) is 11. The summed E-state index contributed by atoms with van der Waals surface area (Å²) in [7, 11) is 5.87. The first-order valence-corrected chi connectivity index (χ1v) is 39.4. The van der Waals surface area contributed by atoms with Gasteiger partial charge >= 0.3 is 0 Å². The number of hydrogen-bond donors (Lipinski definition) is 7. The number of amides is 4. The average molecular weight is 1350 g/mol. The Balaban J connectivity index is -0.000000188. The normalized spacial score (nSPS) is 10.8. The summed E-state index contributed by atoms with van der Waals surface area (Å²) in [6.07, 6.45) is 48.5. The fourth-order valence-electron chi connectivity index (χ4n) is 8.81. The van der Waals surface area contributed by atoms with Crippen molar-refractivity contribution in [1.82, 2.24) is 37.2 Å². The van der Waals surface area contributed by atoms with Gasteiger partial charge in [0.25, 0.3) is 0 Å². The van der Waals surface area contributed by atoms with Crippen molar-refractivity contribution >= 4 is 23.6 Å². The second-order valence-corrected chi connectivity index (χ2v) is 28.0. The van der Waals surface area contributed by atoms with Crippen molar-refractivity contribution in [3.8, 4) is 0 Å². The maximum absolute atomic E-state index is 11.2. The van der Waals surface area contributed by atoms with Crippen LogP contribution in [0.5, 0.6) is 0 Å². The van der Waals surface area contributed by atoms with Crippen molar-refractivity contribution in [2.75, 3.05) is 93.4 Å². The van der Waals surface area contributed by atoms with Gasteiger partial charge in [-0.15, -0.1) is 0 Å². The van der Waals surface area contributed by atoms with Crippen LogP contribution in [0.4, 0.5) is 0 Å². The number of carbonyl (C=O) groups is 4. The van der Waals surface area contributed by atoms with Crippen LogP contribution >= 0.6 is 0 Å². The van der Waals surface area contributed by atoms with E-state index in [1.807, 2.05) is 76.5 Å². The summed E-state index contributed by atoms with van der Waals surface area (Å²) in [5.41, 5.74) is 0. The minimum Gasteiger partial charge on any atom is -0.369 e. The first-order valence-electron chi connectivity index (χ1n) is 39.4. The lowest BCUT2D eigenvalue weighted by Crippen LogP contribution is -2.30. The van der Waals surface area contributed by atoms with Crippen molar-refractivity contribution in [1.29, 1.82) is 0 Å². The lowest BCUT2D eigenvalue weighted by atomic mass is 10.0. The molecule has 0 rings (SSSR count). The van der Waals surface area contributed by atoms with Gasteiger partial charge in [-0.25, -0.2) is 0 Å². The van der Waals surface area contributed by atoms with Gasteiger partial charge in [0.1, 0.15) is 26.4 Å². The summed E-state index contributed by atoms with van der Waals surface area (Å²) >= 11 is 0. The van der Waals surface area contributed by atoms with Crippen LogP contribution in [-0.2, 0) is 38.1 Å². The Kier molecular flexibility index (Phi) is 104. The molecule has 0 aliphatic heterocycles. The fourth-order valence-corrected chi connectivity index (χ4v) is 8.81. The SMILES string of the molecule is CCCCCCCCC(C)C.CCCCCCCCCCC(C)C.CCCCCCCCNC(=O)COC(C)C.CCCCCCNC(=O)COC(C)C.CNCCCCCCCC(C)C.CNCCCCCNC(=O)COC(C)C.CNCCCNC(=O)COC(C)C. The molecule has 0 heterocycles. The number of ether oxygens (including phenoxy) is 4. The Morgan fingerprint density at radius 1 is 0.234 bits per heavy atom. The Labute approximate surface area is 587 Å². The predicted octanol–water partition coefficient (Wildman–Crippen LogP) is 18.8. The molecule has 7 N–H and O–H groups in total. The smallest absolute Gasteiger partial charge is 0.246 e. The van der Waals surface area contributed by atoms with E-state index in [0.29, 0.717) is 6.54 Å². The highest BCUT2D eigenvalue weighted by molar-refractivity contribution is 5.78. The largest absolute Gasteiger partial charge is 0.369 e. The van der Waals surface area contributed by atoms with Gasteiger partial charge in [0.15, 0.2) is 0 Å². The Hall–Kier alpha value is -2.40. The van der Waals surface area contributed by atoms with Gasteiger partial charge in [0, 0.05) is 26.2 Å². The molecular formula is C79H171N7O8. The number of unbranched alkanes of at least 4 members (excludes halogenated alkanes) is 26. The molecule has 94 heavy (non-hydrogen) atoms. The third-order valence-electron chi connectivity index (χ3n) is 14.7. The van der Waals surface area contributed by atoms with E-state index in [1.54, 1.807) is 0 Å². The molecule has 0 saturated carbocycles. The summed E-state index contributed by atoms with van der Waals surface area (Å²) in [6, 6.07) is 0. The summed E-state index contributed by atoms with van der Waals surface area (Å²) in [4.78, 5) is 44.6. The molecule has 0 aromatic rings. The quantitative estimate of drug-likeness (QED) is 0.0287.